The van der Waals surface area contributed by atoms with Gasteiger partial charge in [0.15, 0.2) is 23.9 Å². The lowest BCUT2D eigenvalue weighted by atomic mass is 10.1. The fraction of sp³-hybridized carbons (Fsp3) is 0.263. The molecule has 1 aromatic heterocycles. The van der Waals surface area contributed by atoms with Crippen molar-refractivity contribution >= 4 is 5.97 Å². The number of carbonyl (C=O) groups is 1. The third-order valence-electron chi connectivity index (χ3n) is 3.96. The molecule has 3 aromatic rings. The Bertz CT molecular complexity index is 896. The molecule has 0 saturated carbocycles. The van der Waals surface area contributed by atoms with Gasteiger partial charge in [0.25, 0.3) is 0 Å². The highest BCUT2D eigenvalue weighted by Crippen LogP contribution is 2.28. The lowest BCUT2D eigenvalue weighted by Crippen LogP contribution is -2.10. The molecule has 0 aliphatic rings. The van der Waals surface area contributed by atoms with E-state index in [4.69, 9.17) is 14.2 Å². The van der Waals surface area contributed by atoms with Gasteiger partial charge >= 0.3 is 5.97 Å². The number of esters is 1. The van der Waals surface area contributed by atoms with Crippen LogP contribution in [-0.2, 0) is 22.6 Å². The van der Waals surface area contributed by atoms with Gasteiger partial charge in [0.05, 0.1) is 19.9 Å². The van der Waals surface area contributed by atoms with E-state index in [0.717, 1.165) is 11.3 Å². The number of methoxy groups -OCH3 is 2. The Morgan fingerprint density at radius 1 is 1.04 bits per heavy atom. The number of aromatic nitrogens is 4. The highest BCUT2D eigenvalue weighted by Gasteiger charge is 2.12. The van der Waals surface area contributed by atoms with Gasteiger partial charge in [0, 0.05) is 6.42 Å². The van der Waals surface area contributed by atoms with Crippen molar-refractivity contribution in [1.82, 2.24) is 20.2 Å². The number of benzene rings is 2. The molecule has 2 aromatic carbocycles. The van der Waals surface area contributed by atoms with Crippen LogP contribution in [0.1, 0.15) is 17.8 Å². The Labute approximate surface area is 156 Å². The summed E-state index contributed by atoms with van der Waals surface area (Å²) in [7, 11) is 3.16. The average molecular weight is 368 g/mol. The van der Waals surface area contributed by atoms with Gasteiger partial charge in [-0.1, -0.05) is 24.3 Å². The Kier molecular flexibility index (Phi) is 5.98. The number of rotatable bonds is 8. The van der Waals surface area contributed by atoms with Gasteiger partial charge in [0.2, 0.25) is 0 Å². The zero-order chi connectivity index (χ0) is 19.1. The molecule has 27 heavy (non-hydrogen) atoms. The maximum atomic E-state index is 12.1. The Hall–Kier alpha value is -3.42. The molecule has 3 rings (SSSR count). The second-order valence-corrected chi connectivity index (χ2v) is 5.69. The molecule has 0 atom stereocenters. The summed E-state index contributed by atoms with van der Waals surface area (Å²) in [5, 5.41) is 11.5. The monoisotopic (exact) mass is 368 g/mol. The van der Waals surface area contributed by atoms with Crippen LogP contribution in [0, 0.1) is 0 Å². The SMILES string of the molecule is COc1ccc(CCC(=O)OCc2nnnn2-c2ccccc2)cc1OC. The van der Waals surface area contributed by atoms with E-state index < -0.39 is 0 Å². The van der Waals surface area contributed by atoms with Crippen molar-refractivity contribution in [1.29, 1.82) is 0 Å². The molecular weight excluding hydrogens is 348 g/mol. The number of carbonyl (C=O) groups excluding carboxylic acids is 1. The van der Waals surface area contributed by atoms with E-state index in [1.54, 1.807) is 18.9 Å². The zero-order valence-electron chi connectivity index (χ0n) is 15.2. The third-order valence-corrected chi connectivity index (χ3v) is 3.96. The first-order valence-corrected chi connectivity index (χ1v) is 8.40. The fourth-order valence-electron chi connectivity index (χ4n) is 2.57. The van der Waals surface area contributed by atoms with Gasteiger partial charge in [-0.2, -0.15) is 4.68 Å². The van der Waals surface area contributed by atoms with Crippen LogP contribution in [0.15, 0.2) is 48.5 Å². The third kappa shape index (κ3) is 4.60. The number of tetrazole rings is 1. The molecule has 0 radical (unpaired) electrons. The molecule has 8 nitrogen and oxygen atoms in total. The van der Waals surface area contributed by atoms with E-state index in [-0.39, 0.29) is 19.0 Å². The number of ether oxygens (including phenoxy) is 3. The Morgan fingerprint density at radius 2 is 1.81 bits per heavy atom. The number of nitrogens with zero attached hydrogens (tertiary/aromatic N) is 4. The summed E-state index contributed by atoms with van der Waals surface area (Å²) >= 11 is 0. The quantitative estimate of drug-likeness (QED) is 0.564. The van der Waals surface area contributed by atoms with Gasteiger partial charge in [0.1, 0.15) is 0 Å². The summed E-state index contributed by atoms with van der Waals surface area (Å²) in [4.78, 5) is 12.1. The van der Waals surface area contributed by atoms with E-state index in [0.29, 0.717) is 23.7 Å². The zero-order valence-corrected chi connectivity index (χ0v) is 15.2. The minimum Gasteiger partial charge on any atom is -0.493 e. The highest BCUT2D eigenvalue weighted by atomic mass is 16.5. The first-order valence-electron chi connectivity index (χ1n) is 8.40. The van der Waals surface area contributed by atoms with E-state index in [9.17, 15) is 4.79 Å². The van der Waals surface area contributed by atoms with Crippen molar-refractivity contribution in [2.75, 3.05) is 14.2 Å². The molecule has 0 aliphatic carbocycles. The highest BCUT2D eigenvalue weighted by molar-refractivity contribution is 5.69. The predicted octanol–water partition coefficient (Wildman–Crippen LogP) is 2.36. The standard InChI is InChI=1S/C19H20N4O4/c1-25-16-10-8-14(12-17(16)26-2)9-11-19(24)27-13-18-20-21-22-23(18)15-6-4-3-5-7-15/h3-8,10,12H,9,11,13H2,1-2H3. The largest absolute Gasteiger partial charge is 0.493 e. The van der Waals surface area contributed by atoms with E-state index in [1.165, 1.54) is 0 Å². The van der Waals surface area contributed by atoms with E-state index >= 15 is 0 Å². The summed E-state index contributed by atoms with van der Waals surface area (Å²) in [6, 6.07) is 15.0. The number of hydrogen-bond acceptors (Lipinski definition) is 7. The fourth-order valence-corrected chi connectivity index (χ4v) is 2.57. The normalized spacial score (nSPS) is 10.4. The van der Waals surface area contributed by atoms with Crippen LogP contribution >= 0.6 is 0 Å². The predicted molar refractivity (Wildman–Crippen MR) is 96.8 cm³/mol. The Morgan fingerprint density at radius 3 is 2.56 bits per heavy atom. The first-order chi connectivity index (χ1) is 13.2. The van der Waals surface area contributed by atoms with Crippen LogP contribution < -0.4 is 9.47 Å². The molecule has 0 N–H and O–H groups in total. The van der Waals surface area contributed by atoms with Crippen molar-refractivity contribution < 1.29 is 19.0 Å². The van der Waals surface area contributed by atoms with Gasteiger partial charge in [-0.05, 0) is 46.7 Å². The van der Waals surface area contributed by atoms with Gasteiger partial charge < -0.3 is 14.2 Å². The summed E-state index contributed by atoms with van der Waals surface area (Å²) in [5.74, 6) is 1.41. The van der Waals surface area contributed by atoms with Gasteiger partial charge in [-0.3, -0.25) is 4.79 Å². The lowest BCUT2D eigenvalue weighted by Gasteiger charge is -2.09. The first kappa shape index (κ1) is 18.4. The van der Waals surface area contributed by atoms with Crippen LogP contribution in [0.5, 0.6) is 11.5 Å². The van der Waals surface area contributed by atoms with Crippen LogP contribution in [0.25, 0.3) is 5.69 Å². The average Bonchev–Trinajstić information content (AvgIpc) is 3.19. The van der Waals surface area contributed by atoms with Crippen LogP contribution in [0.3, 0.4) is 0 Å². The summed E-state index contributed by atoms with van der Waals surface area (Å²) in [6.45, 7) is 0.00661. The van der Waals surface area contributed by atoms with E-state index in [1.807, 2.05) is 48.5 Å². The van der Waals surface area contributed by atoms with Crippen molar-refractivity contribution in [2.24, 2.45) is 0 Å². The molecule has 0 unspecified atom stereocenters. The summed E-state index contributed by atoms with van der Waals surface area (Å²) in [5.41, 5.74) is 1.76. The summed E-state index contributed by atoms with van der Waals surface area (Å²) < 4.78 is 17.3. The van der Waals surface area contributed by atoms with Gasteiger partial charge in [-0.25, -0.2) is 0 Å². The molecule has 0 saturated heterocycles. The summed E-state index contributed by atoms with van der Waals surface area (Å²) in [6.07, 6.45) is 0.769. The minimum atomic E-state index is -0.326. The van der Waals surface area contributed by atoms with Crippen LogP contribution in [-0.4, -0.2) is 40.4 Å². The van der Waals surface area contributed by atoms with Crippen molar-refractivity contribution in [3.05, 3.63) is 59.9 Å². The number of aryl methyl sites for hydroxylation is 1. The van der Waals surface area contributed by atoms with Crippen LogP contribution in [0.2, 0.25) is 0 Å². The number of para-hydroxylation sites is 1. The topological polar surface area (TPSA) is 88.4 Å². The molecule has 0 bridgehead atoms. The molecular formula is C19H20N4O4. The number of hydrogen-bond donors (Lipinski definition) is 0. The van der Waals surface area contributed by atoms with Crippen LogP contribution in [0.4, 0.5) is 0 Å². The molecule has 0 amide bonds. The van der Waals surface area contributed by atoms with Crippen molar-refractivity contribution in [2.45, 2.75) is 19.4 Å². The smallest absolute Gasteiger partial charge is 0.306 e. The van der Waals surface area contributed by atoms with Crippen molar-refractivity contribution in [3.8, 4) is 17.2 Å². The maximum absolute atomic E-state index is 12.1. The maximum Gasteiger partial charge on any atom is 0.306 e. The molecule has 1 heterocycles. The lowest BCUT2D eigenvalue weighted by molar-refractivity contribution is -0.145. The molecule has 0 spiro atoms. The van der Waals surface area contributed by atoms with Crippen molar-refractivity contribution in [3.63, 3.8) is 0 Å². The second-order valence-electron chi connectivity index (χ2n) is 5.69. The molecule has 0 aliphatic heterocycles. The van der Waals surface area contributed by atoms with E-state index in [2.05, 4.69) is 15.5 Å². The molecule has 140 valence electrons. The minimum absolute atomic E-state index is 0.00661. The second kappa shape index (κ2) is 8.79. The Balaban J connectivity index is 1.55. The molecule has 8 heteroatoms. The van der Waals surface area contributed by atoms with Gasteiger partial charge in [-0.15, -0.1) is 5.10 Å². The molecule has 0 fully saturated rings.